The van der Waals surface area contributed by atoms with Crippen LogP contribution in [0.4, 0.5) is 0 Å². The largest absolute Gasteiger partial charge is 0.466 e. The van der Waals surface area contributed by atoms with Crippen LogP contribution >= 0.6 is 27.7 Å². The monoisotopic (exact) mass is 615 g/mol. The first-order valence-electron chi connectivity index (χ1n) is 13.9. The van der Waals surface area contributed by atoms with E-state index in [1.165, 1.54) is 0 Å². The zero-order chi connectivity index (χ0) is 27.6. The number of rotatable bonds is 12. The van der Waals surface area contributed by atoms with E-state index in [2.05, 4.69) is 27.4 Å². The third-order valence-corrected chi connectivity index (χ3v) is 12.0. The van der Waals surface area contributed by atoms with E-state index < -0.39 is 28.7 Å². The van der Waals surface area contributed by atoms with E-state index in [0.29, 0.717) is 39.3 Å². The van der Waals surface area contributed by atoms with Gasteiger partial charge in [0.2, 0.25) is 11.8 Å². The summed E-state index contributed by atoms with van der Waals surface area (Å²) in [6.45, 7) is 14.2. The number of carbonyl (C=O) groups is 3. The van der Waals surface area contributed by atoms with Crippen molar-refractivity contribution >= 4 is 45.5 Å². The fraction of sp³-hybridized carbons (Fsp3) is 0.815. The Bertz CT molecular complexity index is 904. The van der Waals surface area contributed by atoms with Crippen LogP contribution in [0, 0.1) is 17.8 Å². The molecular weight excluding hydrogens is 574 g/mol. The van der Waals surface area contributed by atoms with Gasteiger partial charge in [0.15, 0.2) is 0 Å². The molecule has 1 N–H and O–H groups in total. The van der Waals surface area contributed by atoms with Gasteiger partial charge in [0, 0.05) is 42.8 Å². The number of morpholine rings is 1. The first-order chi connectivity index (χ1) is 18.2. The molecule has 214 valence electrons. The van der Waals surface area contributed by atoms with Crippen LogP contribution in [0.15, 0.2) is 12.7 Å². The quantitative estimate of drug-likeness (QED) is 0.201. The molecule has 4 aliphatic heterocycles. The van der Waals surface area contributed by atoms with Gasteiger partial charge in [0.05, 0.1) is 49.1 Å². The highest BCUT2D eigenvalue weighted by Crippen LogP contribution is 2.68. The number of nitrogens with zero attached hydrogens (tertiary/aromatic N) is 3. The van der Waals surface area contributed by atoms with Crippen LogP contribution in [0.1, 0.15) is 33.6 Å². The number of halogens is 1. The lowest BCUT2D eigenvalue weighted by Gasteiger charge is -2.41. The van der Waals surface area contributed by atoms with Gasteiger partial charge in [0.25, 0.3) is 0 Å². The van der Waals surface area contributed by atoms with Crippen molar-refractivity contribution in [3.05, 3.63) is 12.7 Å². The Morgan fingerprint density at radius 1 is 1.37 bits per heavy atom. The Morgan fingerprint density at radius 2 is 2.08 bits per heavy atom. The fourth-order valence-corrected chi connectivity index (χ4v) is 10.3. The third-order valence-electron chi connectivity index (χ3n) is 8.82. The number of aliphatic hydroxyl groups excluding tert-OH is 1. The van der Waals surface area contributed by atoms with Gasteiger partial charge in [-0.3, -0.25) is 19.3 Å². The Balaban J connectivity index is 1.72. The van der Waals surface area contributed by atoms with Crippen molar-refractivity contribution in [2.24, 2.45) is 17.8 Å². The van der Waals surface area contributed by atoms with Gasteiger partial charge >= 0.3 is 5.97 Å². The summed E-state index contributed by atoms with van der Waals surface area (Å²) in [7, 11) is 0. The lowest BCUT2D eigenvalue weighted by atomic mass is 9.71. The van der Waals surface area contributed by atoms with Crippen molar-refractivity contribution in [1.29, 1.82) is 0 Å². The Hall–Kier alpha value is -1.14. The third kappa shape index (κ3) is 5.18. The number of alkyl halides is 1. The molecule has 1 spiro atoms. The average molecular weight is 617 g/mol. The molecule has 4 aliphatic rings. The highest BCUT2D eigenvalue weighted by atomic mass is 79.9. The molecular formula is C27H42BrN3O6S. The van der Waals surface area contributed by atoms with Gasteiger partial charge in [-0.15, -0.1) is 18.3 Å². The summed E-state index contributed by atoms with van der Waals surface area (Å²) in [5.74, 6) is -2.00. The van der Waals surface area contributed by atoms with Crippen molar-refractivity contribution in [3.8, 4) is 0 Å². The molecule has 0 saturated carbocycles. The first-order valence-corrected chi connectivity index (χ1v) is 15.7. The van der Waals surface area contributed by atoms with Gasteiger partial charge in [0.1, 0.15) is 6.04 Å². The molecule has 0 aromatic carbocycles. The predicted molar refractivity (Wildman–Crippen MR) is 150 cm³/mol. The van der Waals surface area contributed by atoms with E-state index in [-0.39, 0.29) is 47.0 Å². The normalized spacial score (nSPS) is 34.2. The zero-order valence-electron chi connectivity index (χ0n) is 22.7. The van der Waals surface area contributed by atoms with Crippen LogP contribution < -0.4 is 0 Å². The maximum atomic E-state index is 14.5. The minimum Gasteiger partial charge on any atom is -0.466 e. The minimum absolute atomic E-state index is 0.0151. The minimum atomic E-state index is -0.773. The van der Waals surface area contributed by atoms with E-state index in [4.69, 9.17) is 9.47 Å². The Kier molecular flexibility index (Phi) is 9.88. The summed E-state index contributed by atoms with van der Waals surface area (Å²) in [5, 5.41) is 10.4. The van der Waals surface area contributed by atoms with Crippen LogP contribution in [0.25, 0.3) is 0 Å². The lowest BCUT2D eigenvalue weighted by Crippen LogP contribution is -2.59. The van der Waals surface area contributed by atoms with E-state index in [0.717, 1.165) is 19.5 Å². The molecule has 3 unspecified atom stereocenters. The van der Waals surface area contributed by atoms with Crippen molar-refractivity contribution in [1.82, 2.24) is 14.7 Å². The predicted octanol–water partition coefficient (Wildman–Crippen LogP) is 1.77. The topological polar surface area (TPSA) is 99.6 Å². The summed E-state index contributed by atoms with van der Waals surface area (Å²) in [4.78, 5) is 47.7. The zero-order valence-corrected chi connectivity index (χ0v) is 25.1. The molecule has 0 aliphatic carbocycles. The number of hydrogen-bond donors (Lipinski definition) is 1. The number of esters is 1. The van der Waals surface area contributed by atoms with Gasteiger partial charge in [-0.1, -0.05) is 42.3 Å². The highest BCUT2D eigenvalue weighted by Gasteiger charge is 2.76. The summed E-state index contributed by atoms with van der Waals surface area (Å²) in [6.07, 6.45) is 3.07. The first kappa shape index (κ1) is 29.8. The molecule has 8 atom stereocenters. The fourth-order valence-electron chi connectivity index (χ4n) is 6.73. The van der Waals surface area contributed by atoms with Gasteiger partial charge < -0.3 is 24.4 Å². The molecule has 4 heterocycles. The maximum Gasteiger partial charge on any atom is 0.310 e. The number of thioether (sulfide) groups is 1. The molecule has 4 rings (SSSR count). The number of ether oxygens (including phenoxy) is 2. The van der Waals surface area contributed by atoms with Crippen molar-refractivity contribution < 1.29 is 29.0 Å². The van der Waals surface area contributed by atoms with Crippen LogP contribution in [0.3, 0.4) is 0 Å². The lowest BCUT2D eigenvalue weighted by molar-refractivity contribution is -0.154. The van der Waals surface area contributed by atoms with Crippen LogP contribution in [0.2, 0.25) is 0 Å². The highest BCUT2D eigenvalue weighted by molar-refractivity contribution is 9.09. The number of likely N-dealkylation sites (tertiary alicyclic amines) is 1. The number of hydrogen-bond acceptors (Lipinski definition) is 8. The van der Waals surface area contributed by atoms with Gasteiger partial charge in [-0.2, -0.15) is 0 Å². The maximum absolute atomic E-state index is 14.5. The van der Waals surface area contributed by atoms with Crippen LogP contribution in [-0.2, 0) is 23.9 Å². The van der Waals surface area contributed by atoms with Gasteiger partial charge in [-0.05, 0) is 19.3 Å². The smallest absolute Gasteiger partial charge is 0.310 e. The van der Waals surface area contributed by atoms with Crippen molar-refractivity contribution in [2.75, 3.05) is 59.2 Å². The molecule has 38 heavy (non-hydrogen) atoms. The number of amides is 2. The SMILES string of the molecule is C=CCN(CCN1CCOCC1)C(=O)C1N([C@@H](CO)[C@@H](C)CC)C(=O)[C@@H]2[C@H](C(=O)OCC)[C@H]3SC12CC3Br. The summed E-state index contributed by atoms with van der Waals surface area (Å²) in [6, 6.07) is -1.28. The second-order valence-electron chi connectivity index (χ2n) is 10.8. The Morgan fingerprint density at radius 3 is 2.68 bits per heavy atom. The average Bonchev–Trinajstić information content (AvgIpc) is 3.51. The van der Waals surface area contributed by atoms with E-state index in [1.54, 1.807) is 34.6 Å². The summed E-state index contributed by atoms with van der Waals surface area (Å²) >= 11 is 5.38. The van der Waals surface area contributed by atoms with Crippen molar-refractivity contribution in [2.45, 2.75) is 60.5 Å². The van der Waals surface area contributed by atoms with Crippen LogP contribution in [-0.4, -0.2) is 124 Å². The van der Waals surface area contributed by atoms with Crippen LogP contribution in [0.5, 0.6) is 0 Å². The molecule has 0 aromatic rings. The molecule has 0 aromatic heterocycles. The Labute approximate surface area is 238 Å². The molecule has 2 bridgehead atoms. The number of aliphatic hydroxyl groups is 1. The van der Waals surface area contributed by atoms with E-state index >= 15 is 0 Å². The molecule has 9 nitrogen and oxygen atoms in total. The summed E-state index contributed by atoms with van der Waals surface area (Å²) in [5.41, 5.74) is 0. The van der Waals surface area contributed by atoms with E-state index in [1.807, 2.05) is 13.8 Å². The number of fused-ring (bicyclic) bond motifs is 1. The molecule has 11 heteroatoms. The molecule has 4 saturated heterocycles. The molecule has 2 amide bonds. The van der Waals surface area contributed by atoms with Crippen molar-refractivity contribution in [3.63, 3.8) is 0 Å². The second kappa shape index (κ2) is 12.6. The second-order valence-corrected chi connectivity index (χ2v) is 13.5. The molecule has 4 fully saturated rings. The van der Waals surface area contributed by atoms with Gasteiger partial charge in [-0.25, -0.2) is 0 Å². The summed E-state index contributed by atoms with van der Waals surface area (Å²) < 4.78 is 10.1. The molecule has 0 radical (unpaired) electrons. The number of carbonyl (C=O) groups excluding carboxylic acids is 3. The van der Waals surface area contributed by atoms with E-state index in [9.17, 15) is 19.5 Å². The standard InChI is InChI=1S/C27H42BrN3O6S/c1-5-8-30(10-9-29-11-13-36-14-12-29)25(34)23-27-15-18(28)22(38-27)20(26(35)37-7-3)21(27)24(33)31(23)19(16-32)17(4)6-2/h5,17-23,32H,1,6-16H2,2-4H3/t17-,18?,19-,20-,21-,22-,23?,27?/m0/s1.